The molecule has 2 aromatic carbocycles. The molecule has 0 unspecified atom stereocenters. The molecule has 1 saturated carbocycles. The van der Waals surface area contributed by atoms with Crippen LogP contribution in [-0.2, 0) is 10.2 Å². The second-order valence-electron chi connectivity index (χ2n) is 7.61. The molecule has 3 N–H and O–H groups in total. The van der Waals surface area contributed by atoms with Crippen LogP contribution in [0, 0.1) is 5.82 Å². The Hall–Kier alpha value is -3.37. The maximum Gasteiger partial charge on any atom is 0.370 e. The molecule has 1 aromatic heterocycles. The lowest BCUT2D eigenvalue weighted by atomic mass is 9.65. The normalized spacial score (nSPS) is 15.9. The average molecular weight is 478 g/mol. The van der Waals surface area contributed by atoms with Crippen molar-refractivity contribution in [1.29, 1.82) is 0 Å². The standard InChI is InChI=1S/C20H14Cl2FN5O4/c21-12-4-9(28-19(31)27(24)15(29)8-25-28)5-13(22)17(12)32-10-6-11-16(14(23)7-10)26-18(30)20(11)2-1-3-20/h4-8H,1-3,24H2,(H,26,30). The number of carbonyl (C=O) groups is 1. The molecule has 12 heteroatoms. The van der Waals surface area contributed by atoms with Crippen molar-refractivity contribution >= 4 is 34.8 Å². The summed E-state index contributed by atoms with van der Waals surface area (Å²) >= 11 is 12.6. The topological polar surface area (TPSA) is 121 Å². The Balaban J connectivity index is 1.54. The van der Waals surface area contributed by atoms with E-state index >= 15 is 0 Å². The highest BCUT2D eigenvalue weighted by Gasteiger charge is 2.52. The molecule has 9 nitrogen and oxygen atoms in total. The SMILES string of the molecule is Nn1c(=O)cnn(-c2cc(Cl)c(Oc3cc(F)c4c(c3)C3(CCC3)C(=O)N4)c(Cl)c2)c1=O. The molecule has 0 radical (unpaired) electrons. The number of hydrogen-bond acceptors (Lipinski definition) is 6. The molecule has 0 bridgehead atoms. The van der Waals surface area contributed by atoms with Gasteiger partial charge in [-0.1, -0.05) is 29.6 Å². The van der Waals surface area contributed by atoms with Crippen molar-refractivity contribution in [3.05, 3.63) is 72.7 Å². The van der Waals surface area contributed by atoms with Gasteiger partial charge in [0.25, 0.3) is 5.56 Å². The number of anilines is 1. The first-order valence-electron chi connectivity index (χ1n) is 9.50. The van der Waals surface area contributed by atoms with E-state index in [0.29, 0.717) is 23.1 Å². The smallest absolute Gasteiger partial charge is 0.370 e. The number of amides is 1. The molecule has 1 amide bonds. The molecule has 32 heavy (non-hydrogen) atoms. The Morgan fingerprint density at radius 1 is 1.12 bits per heavy atom. The van der Waals surface area contributed by atoms with Gasteiger partial charge in [0, 0.05) is 6.07 Å². The summed E-state index contributed by atoms with van der Waals surface area (Å²) in [6.07, 6.45) is 3.01. The van der Waals surface area contributed by atoms with Gasteiger partial charge in [0.05, 0.1) is 26.8 Å². The highest BCUT2D eigenvalue weighted by atomic mass is 35.5. The second-order valence-corrected chi connectivity index (χ2v) is 8.42. The van der Waals surface area contributed by atoms with Crippen molar-refractivity contribution in [3.8, 4) is 17.2 Å². The predicted octanol–water partition coefficient (Wildman–Crippen LogP) is 2.72. The summed E-state index contributed by atoms with van der Waals surface area (Å²) in [5.41, 5.74) is -1.56. The van der Waals surface area contributed by atoms with Crippen molar-refractivity contribution < 1.29 is 13.9 Å². The van der Waals surface area contributed by atoms with Crippen LogP contribution in [0.4, 0.5) is 10.1 Å². The lowest BCUT2D eigenvalue weighted by molar-refractivity contribution is -0.123. The molecule has 1 fully saturated rings. The molecule has 0 saturated heterocycles. The fraction of sp³-hybridized carbons (Fsp3) is 0.200. The van der Waals surface area contributed by atoms with Gasteiger partial charge in [0.15, 0.2) is 11.6 Å². The maximum atomic E-state index is 14.7. The molecule has 164 valence electrons. The van der Waals surface area contributed by atoms with Crippen LogP contribution < -0.4 is 27.1 Å². The Morgan fingerprint density at radius 2 is 1.81 bits per heavy atom. The summed E-state index contributed by atoms with van der Waals surface area (Å²) in [4.78, 5) is 36.0. The summed E-state index contributed by atoms with van der Waals surface area (Å²) < 4.78 is 21.7. The Kier molecular flexibility index (Phi) is 4.54. The number of nitrogens with two attached hydrogens (primary N) is 1. The van der Waals surface area contributed by atoms with E-state index in [1.807, 2.05) is 0 Å². The minimum absolute atomic E-state index is 0.00411. The van der Waals surface area contributed by atoms with E-state index in [1.165, 1.54) is 12.1 Å². The summed E-state index contributed by atoms with van der Waals surface area (Å²) in [6.45, 7) is 0. The van der Waals surface area contributed by atoms with Gasteiger partial charge in [-0.05, 0) is 36.6 Å². The number of carbonyl (C=O) groups excluding carboxylic acids is 1. The largest absolute Gasteiger partial charge is 0.454 e. The monoisotopic (exact) mass is 477 g/mol. The Labute approximate surface area is 189 Å². The van der Waals surface area contributed by atoms with E-state index in [-0.39, 0.29) is 38.8 Å². The lowest BCUT2D eigenvalue weighted by Gasteiger charge is -2.36. The van der Waals surface area contributed by atoms with Gasteiger partial charge in [-0.2, -0.15) is 14.5 Å². The van der Waals surface area contributed by atoms with Crippen molar-refractivity contribution in [2.45, 2.75) is 24.7 Å². The van der Waals surface area contributed by atoms with Crippen LogP contribution in [0.3, 0.4) is 0 Å². The van der Waals surface area contributed by atoms with Crippen LogP contribution in [-0.4, -0.2) is 20.4 Å². The number of nitrogen functional groups attached to an aromatic ring is 1. The van der Waals surface area contributed by atoms with Gasteiger partial charge >= 0.3 is 5.69 Å². The maximum absolute atomic E-state index is 14.7. The number of aromatic nitrogens is 3. The Morgan fingerprint density at radius 3 is 2.44 bits per heavy atom. The number of hydrogen-bond donors (Lipinski definition) is 2. The number of benzene rings is 2. The predicted molar refractivity (Wildman–Crippen MR) is 115 cm³/mol. The van der Waals surface area contributed by atoms with E-state index in [1.54, 1.807) is 6.07 Å². The highest BCUT2D eigenvalue weighted by Crippen LogP contribution is 2.53. The van der Waals surface area contributed by atoms with Gasteiger partial charge in [0.1, 0.15) is 11.9 Å². The quantitative estimate of drug-likeness (QED) is 0.559. The van der Waals surface area contributed by atoms with E-state index < -0.39 is 22.5 Å². The highest BCUT2D eigenvalue weighted by molar-refractivity contribution is 6.37. The van der Waals surface area contributed by atoms with Gasteiger partial charge in [-0.25, -0.2) is 9.18 Å². The molecule has 2 heterocycles. The number of ether oxygens (including phenoxy) is 1. The first-order chi connectivity index (χ1) is 15.2. The van der Waals surface area contributed by atoms with Gasteiger partial charge in [-0.15, -0.1) is 0 Å². The summed E-state index contributed by atoms with van der Waals surface area (Å²) in [7, 11) is 0. The van der Waals surface area contributed by atoms with E-state index in [9.17, 15) is 18.8 Å². The van der Waals surface area contributed by atoms with Crippen LogP contribution in [0.15, 0.2) is 40.1 Å². The molecule has 0 atom stereocenters. The fourth-order valence-electron chi connectivity index (χ4n) is 4.00. The van der Waals surface area contributed by atoms with Gasteiger partial charge < -0.3 is 15.9 Å². The third-order valence-electron chi connectivity index (χ3n) is 5.82. The number of rotatable bonds is 3. The average Bonchev–Trinajstić information content (AvgIpc) is 3.01. The minimum atomic E-state index is -0.901. The summed E-state index contributed by atoms with van der Waals surface area (Å²) in [6, 6.07) is 5.41. The first kappa shape index (κ1) is 20.5. The number of fused-ring (bicyclic) bond motifs is 2. The molecule has 1 aliphatic heterocycles. The molecular weight excluding hydrogens is 464 g/mol. The van der Waals surface area contributed by atoms with Crippen LogP contribution in [0.1, 0.15) is 24.8 Å². The van der Waals surface area contributed by atoms with Crippen LogP contribution in [0.25, 0.3) is 5.69 Å². The molecular formula is C20H14Cl2FN5O4. The summed E-state index contributed by atoms with van der Waals surface area (Å²) in [5, 5.41) is 6.36. The van der Waals surface area contributed by atoms with Gasteiger partial charge in [0.2, 0.25) is 5.91 Å². The second kappa shape index (κ2) is 7.07. The van der Waals surface area contributed by atoms with Crippen LogP contribution in [0.2, 0.25) is 10.0 Å². The van der Waals surface area contributed by atoms with Crippen molar-refractivity contribution in [3.63, 3.8) is 0 Å². The van der Waals surface area contributed by atoms with Crippen molar-refractivity contribution in [1.82, 2.24) is 14.5 Å². The zero-order valence-electron chi connectivity index (χ0n) is 16.2. The first-order valence-corrected chi connectivity index (χ1v) is 10.3. The third-order valence-corrected chi connectivity index (χ3v) is 6.38. The molecule has 3 aromatic rings. The van der Waals surface area contributed by atoms with E-state index in [0.717, 1.165) is 23.4 Å². The molecule has 2 aliphatic rings. The lowest BCUT2D eigenvalue weighted by Crippen LogP contribution is -2.44. The van der Waals surface area contributed by atoms with E-state index in [2.05, 4.69) is 10.4 Å². The molecule has 1 spiro atoms. The molecule has 1 aliphatic carbocycles. The van der Waals surface area contributed by atoms with E-state index in [4.69, 9.17) is 33.8 Å². The third kappa shape index (κ3) is 2.90. The van der Waals surface area contributed by atoms with Crippen molar-refractivity contribution in [2.75, 3.05) is 11.2 Å². The fourth-order valence-corrected chi connectivity index (χ4v) is 4.56. The number of halogens is 3. The Bertz CT molecular complexity index is 1410. The van der Waals surface area contributed by atoms with Gasteiger partial charge in [-0.3, -0.25) is 9.59 Å². The zero-order valence-corrected chi connectivity index (χ0v) is 17.7. The summed E-state index contributed by atoms with van der Waals surface area (Å²) in [5.74, 6) is 4.71. The minimum Gasteiger partial charge on any atom is -0.454 e. The van der Waals surface area contributed by atoms with Crippen LogP contribution in [0.5, 0.6) is 11.5 Å². The number of nitrogens with one attached hydrogen (secondary N) is 1. The van der Waals surface area contributed by atoms with Crippen molar-refractivity contribution in [2.24, 2.45) is 0 Å². The van der Waals surface area contributed by atoms with Crippen LogP contribution >= 0.6 is 23.2 Å². The number of nitrogens with zero attached hydrogens (tertiary/aromatic N) is 3. The zero-order chi connectivity index (χ0) is 22.8. The molecule has 5 rings (SSSR count).